The van der Waals surface area contributed by atoms with Crippen molar-refractivity contribution in [3.05, 3.63) is 0 Å². The molecule has 0 atom stereocenters. The van der Waals surface area contributed by atoms with Crippen molar-refractivity contribution in [1.29, 1.82) is 0 Å². The molecule has 0 aromatic carbocycles. The fourth-order valence-electron chi connectivity index (χ4n) is 1.59. The van der Waals surface area contributed by atoms with E-state index < -0.39 is 0 Å². The van der Waals surface area contributed by atoms with E-state index in [0.717, 1.165) is 31.4 Å². The van der Waals surface area contributed by atoms with Crippen molar-refractivity contribution in [3.63, 3.8) is 0 Å². The molecule has 0 heterocycles. The molecule has 0 aromatic heterocycles. The van der Waals surface area contributed by atoms with Gasteiger partial charge in [0.15, 0.2) is 0 Å². The van der Waals surface area contributed by atoms with Gasteiger partial charge in [-0.05, 0) is 39.5 Å². The first-order chi connectivity index (χ1) is 7.58. The van der Waals surface area contributed by atoms with Crippen LogP contribution in [0, 0.1) is 0 Å². The van der Waals surface area contributed by atoms with Gasteiger partial charge in [0, 0.05) is 11.8 Å². The molecule has 1 fully saturated rings. The average molecular weight is 225 g/mol. The predicted molar refractivity (Wildman–Crippen MR) is 61.9 cm³/mol. The Morgan fingerprint density at radius 2 is 1.88 bits per heavy atom. The normalized spacial score (nSPS) is 15.1. The molecule has 0 unspecified atom stereocenters. The van der Waals surface area contributed by atoms with Gasteiger partial charge in [-0.2, -0.15) is 5.10 Å². The number of carbonyl (C=O) groups is 2. The van der Waals surface area contributed by atoms with Gasteiger partial charge >= 0.3 is 0 Å². The zero-order valence-corrected chi connectivity index (χ0v) is 9.88. The molecule has 1 aliphatic rings. The SMILES string of the molecule is CC(C)NC(=O)CC(=O)NN=C1CCCC1. The van der Waals surface area contributed by atoms with Crippen LogP contribution in [0.5, 0.6) is 0 Å². The molecule has 5 heteroatoms. The summed E-state index contributed by atoms with van der Waals surface area (Å²) in [4.78, 5) is 22.6. The third-order valence-electron chi connectivity index (χ3n) is 2.29. The van der Waals surface area contributed by atoms with E-state index in [4.69, 9.17) is 0 Å². The molecule has 0 saturated heterocycles. The molecule has 0 aromatic rings. The highest BCUT2D eigenvalue weighted by Gasteiger charge is 2.11. The number of amides is 2. The lowest BCUT2D eigenvalue weighted by Gasteiger charge is -2.07. The minimum absolute atomic E-state index is 0.0569. The summed E-state index contributed by atoms with van der Waals surface area (Å²) in [6, 6.07) is 0.0569. The van der Waals surface area contributed by atoms with Gasteiger partial charge in [-0.15, -0.1) is 0 Å². The first-order valence-corrected chi connectivity index (χ1v) is 5.71. The van der Waals surface area contributed by atoms with Gasteiger partial charge in [-0.3, -0.25) is 9.59 Å². The van der Waals surface area contributed by atoms with Crippen LogP contribution in [0.15, 0.2) is 5.10 Å². The number of rotatable bonds is 4. The molecule has 0 spiro atoms. The van der Waals surface area contributed by atoms with Crippen molar-refractivity contribution in [2.45, 2.75) is 52.0 Å². The van der Waals surface area contributed by atoms with E-state index in [2.05, 4.69) is 15.8 Å². The van der Waals surface area contributed by atoms with Gasteiger partial charge in [0.2, 0.25) is 11.8 Å². The van der Waals surface area contributed by atoms with E-state index in [9.17, 15) is 9.59 Å². The van der Waals surface area contributed by atoms with Gasteiger partial charge in [-0.25, -0.2) is 5.43 Å². The summed E-state index contributed by atoms with van der Waals surface area (Å²) in [5, 5.41) is 6.65. The zero-order chi connectivity index (χ0) is 12.0. The van der Waals surface area contributed by atoms with Crippen LogP contribution in [0.2, 0.25) is 0 Å². The first kappa shape index (κ1) is 12.7. The molecule has 90 valence electrons. The van der Waals surface area contributed by atoms with Gasteiger partial charge in [0.1, 0.15) is 6.42 Å². The molecule has 5 nitrogen and oxygen atoms in total. The summed E-state index contributed by atoms with van der Waals surface area (Å²) < 4.78 is 0. The van der Waals surface area contributed by atoms with Crippen molar-refractivity contribution in [3.8, 4) is 0 Å². The molecular formula is C11H19N3O2. The highest BCUT2D eigenvalue weighted by atomic mass is 16.2. The molecule has 2 N–H and O–H groups in total. The van der Waals surface area contributed by atoms with Crippen LogP contribution in [-0.2, 0) is 9.59 Å². The van der Waals surface area contributed by atoms with Crippen molar-refractivity contribution < 1.29 is 9.59 Å². The number of hydrazone groups is 1. The quantitative estimate of drug-likeness (QED) is 0.552. The topological polar surface area (TPSA) is 70.6 Å². The Balaban J connectivity index is 2.25. The lowest BCUT2D eigenvalue weighted by Crippen LogP contribution is -2.34. The highest BCUT2D eigenvalue weighted by molar-refractivity contribution is 5.97. The Hall–Kier alpha value is -1.39. The number of carbonyl (C=O) groups excluding carboxylic acids is 2. The molecule has 1 aliphatic carbocycles. The maximum Gasteiger partial charge on any atom is 0.249 e. The molecule has 0 radical (unpaired) electrons. The lowest BCUT2D eigenvalue weighted by molar-refractivity contribution is -0.129. The number of hydrogen-bond acceptors (Lipinski definition) is 3. The zero-order valence-electron chi connectivity index (χ0n) is 9.88. The van der Waals surface area contributed by atoms with Crippen molar-refractivity contribution in [1.82, 2.24) is 10.7 Å². The third-order valence-corrected chi connectivity index (χ3v) is 2.29. The number of nitrogens with zero attached hydrogens (tertiary/aromatic N) is 1. The van der Waals surface area contributed by atoms with E-state index in [1.807, 2.05) is 13.8 Å². The second-order valence-electron chi connectivity index (χ2n) is 4.32. The van der Waals surface area contributed by atoms with Crippen LogP contribution < -0.4 is 10.7 Å². The molecule has 1 rings (SSSR count). The summed E-state index contributed by atoms with van der Waals surface area (Å²) in [6.45, 7) is 3.71. The molecular weight excluding hydrogens is 206 g/mol. The van der Waals surface area contributed by atoms with Gasteiger partial charge < -0.3 is 5.32 Å². The molecule has 16 heavy (non-hydrogen) atoms. The smallest absolute Gasteiger partial charge is 0.249 e. The Morgan fingerprint density at radius 3 is 2.44 bits per heavy atom. The van der Waals surface area contributed by atoms with E-state index >= 15 is 0 Å². The van der Waals surface area contributed by atoms with E-state index in [-0.39, 0.29) is 24.3 Å². The number of nitrogens with one attached hydrogen (secondary N) is 2. The summed E-state index contributed by atoms with van der Waals surface area (Å²) >= 11 is 0. The summed E-state index contributed by atoms with van der Waals surface area (Å²) in [7, 11) is 0. The fourth-order valence-corrected chi connectivity index (χ4v) is 1.59. The lowest BCUT2D eigenvalue weighted by atomic mass is 10.3. The van der Waals surface area contributed by atoms with Gasteiger partial charge in [-0.1, -0.05) is 0 Å². The predicted octanol–water partition coefficient (Wildman–Crippen LogP) is 0.947. The maximum atomic E-state index is 11.3. The van der Waals surface area contributed by atoms with E-state index in [1.165, 1.54) is 0 Å². The Kier molecular flexibility index (Phi) is 4.95. The van der Waals surface area contributed by atoms with Crippen molar-refractivity contribution in [2.75, 3.05) is 0 Å². The maximum absolute atomic E-state index is 11.3. The highest BCUT2D eigenvalue weighted by Crippen LogP contribution is 2.13. The largest absolute Gasteiger partial charge is 0.353 e. The van der Waals surface area contributed by atoms with Gasteiger partial charge in [0.05, 0.1) is 0 Å². The standard InChI is InChI=1S/C11H19N3O2/c1-8(2)12-10(15)7-11(16)14-13-9-5-3-4-6-9/h8H,3-7H2,1-2H3,(H,12,15)(H,14,16). The summed E-state index contributed by atoms with van der Waals surface area (Å²) in [5.74, 6) is -0.614. The van der Waals surface area contributed by atoms with Crippen LogP contribution in [0.3, 0.4) is 0 Å². The minimum Gasteiger partial charge on any atom is -0.353 e. The second-order valence-corrected chi connectivity index (χ2v) is 4.32. The molecule has 0 bridgehead atoms. The summed E-state index contributed by atoms with van der Waals surface area (Å²) in [6.07, 6.45) is 4.04. The van der Waals surface area contributed by atoms with Crippen molar-refractivity contribution >= 4 is 17.5 Å². The fraction of sp³-hybridized carbons (Fsp3) is 0.727. The first-order valence-electron chi connectivity index (χ1n) is 5.71. The van der Waals surface area contributed by atoms with Crippen molar-refractivity contribution in [2.24, 2.45) is 5.10 Å². The minimum atomic E-state index is -0.349. The van der Waals surface area contributed by atoms with Crippen LogP contribution >= 0.6 is 0 Å². The average Bonchev–Trinajstić information content (AvgIpc) is 2.65. The van der Waals surface area contributed by atoms with E-state index in [0.29, 0.717) is 0 Å². The van der Waals surface area contributed by atoms with Crippen LogP contribution in [0.25, 0.3) is 0 Å². The monoisotopic (exact) mass is 225 g/mol. The number of hydrogen-bond donors (Lipinski definition) is 2. The molecule has 1 saturated carbocycles. The molecule has 0 aliphatic heterocycles. The third kappa shape index (κ3) is 4.91. The Morgan fingerprint density at radius 1 is 1.25 bits per heavy atom. The summed E-state index contributed by atoms with van der Waals surface area (Å²) in [5.41, 5.74) is 3.44. The molecule has 2 amide bonds. The van der Waals surface area contributed by atoms with Crippen LogP contribution in [0.1, 0.15) is 46.0 Å². The van der Waals surface area contributed by atoms with Crippen LogP contribution in [-0.4, -0.2) is 23.6 Å². The Bertz CT molecular complexity index is 290. The Labute approximate surface area is 95.7 Å². The van der Waals surface area contributed by atoms with E-state index in [1.54, 1.807) is 0 Å². The second kappa shape index (κ2) is 6.25. The van der Waals surface area contributed by atoms with Gasteiger partial charge in [0.25, 0.3) is 0 Å². The van der Waals surface area contributed by atoms with Crippen LogP contribution in [0.4, 0.5) is 0 Å².